The highest BCUT2D eigenvalue weighted by Gasteiger charge is 2.36. The van der Waals surface area contributed by atoms with Crippen molar-refractivity contribution in [3.05, 3.63) is 69.8 Å². The molecule has 140 valence electrons. The Labute approximate surface area is 163 Å². The Bertz CT molecular complexity index is 916. The first-order chi connectivity index (χ1) is 12.9. The molecule has 2 aromatic carbocycles. The van der Waals surface area contributed by atoms with E-state index in [0.717, 1.165) is 24.4 Å². The van der Waals surface area contributed by atoms with Crippen molar-refractivity contribution in [2.75, 3.05) is 14.2 Å². The van der Waals surface area contributed by atoms with E-state index < -0.39 is 8.07 Å². The van der Waals surface area contributed by atoms with Gasteiger partial charge in [-0.05, 0) is 49.0 Å². The van der Waals surface area contributed by atoms with Crippen LogP contribution in [0.4, 0.5) is 0 Å². The van der Waals surface area contributed by atoms with E-state index in [-0.39, 0.29) is 0 Å². The standard InChI is InChI=1S/C24H28O2Si/c1-15-13-19-17(23(15)25-3)9-7-11-21(19)27(5,6)22-12-8-10-18-20(22)14-16(2)24(18)26-4/h7-12H,13-14H2,1-6H3. The summed E-state index contributed by atoms with van der Waals surface area (Å²) in [5.41, 5.74) is 8.18. The fourth-order valence-corrected chi connectivity index (χ4v) is 8.29. The summed E-state index contributed by atoms with van der Waals surface area (Å²) in [6, 6.07) is 13.5. The second kappa shape index (κ2) is 6.41. The fraction of sp³-hybridized carbons (Fsp3) is 0.333. The van der Waals surface area contributed by atoms with Crippen LogP contribution < -0.4 is 10.4 Å². The van der Waals surface area contributed by atoms with Gasteiger partial charge in [0, 0.05) is 11.1 Å². The predicted molar refractivity (Wildman–Crippen MR) is 116 cm³/mol. The molecule has 0 fully saturated rings. The van der Waals surface area contributed by atoms with E-state index in [1.165, 1.54) is 43.8 Å². The zero-order valence-corrected chi connectivity index (χ0v) is 18.2. The lowest BCUT2D eigenvalue weighted by molar-refractivity contribution is 0.368. The van der Waals surface area contributed by atoms with Crippen molar-refractivity contribution in [2.24, 2.45) is 0 Å². The molecule has 27 heavy (non-hydrogen) atoms. The molecule has 2 aliphatic carbocycles. The summed E-state index contributed by atoms with van der Waals surface area (Å²) in [5, 5.41) is 3.06. The molecule has 0 heterocycles. The molecular formula is C24H28O2Si. The maximum atomic E-state index is 5.71. The quantitative estimate of drug-likeness (QED) is 0.738. The number of benzene rings is 2. The van der Waals surface area contributed by atoms with Crippen LogP contribution in [0.2, 0.25) is 13.1 Å². The molecule has 0 radical (unpaired) electrons. The highest BCUT2D eigenvalue weighted by Crippen LogP contribution is 2.35. The van der Waals surface area contributed by atoms with E-state index in [9.17, 15) is 0 Å². The minimum atomic E-state index is -1.88. The predicted octanol–water partition coefficient (Wildman–Crippen LogP) is 4.38. The third-order valence-corrected chi connectivity index (χ3v) is 9.89. The zero-order chi connectivity index (χ0) is 19.3. The van der Waals surface area contributed by atoms with Crippen LogP contribution in [-0.2, 0) is 22.3 Å². The monoisotopic (exact) mass is 376 g/mol. The molecule has 0 spiro atoms. The fourth-order valence-electron chi connectivity index (χ4n) is 5.02. The second-order valence-corrected chi connectivity index (χ2v) is 12.6. The Morgan fingerprint density at radius 2 is 1.11 bits per heavy atom. The number of hydrogen-bond donors (Lipinski definition) is 0. The summed E-state index contributed by atoms with van der Waals surface area (Å²) >= 11 is 0. The van der Waals surface area contributed by atoms with E-state index in [2.05, 4.69) is 63.3 Å². The molecule has 0 aromatic heterocycles. The Kier molecular flexibility index (Phi) is 4.30. The summed E-state index contributed by atoms with van der Waals surface area (Å²) in [6.07, 6.45) is 2.00. The van der Waals surface area contributed by atoms with Crippen LogP contribution in [0.1, 0.15) is 36.1 Å². The van der Waals surface area contributed by atoms with Crippen molar-refractivity contribution in [3.8, 4) is 0 Å². The lowest BCUT2D eigenvalue weighted by Crippen LogP contribution is -2.55. The Morgan fingerprint density at radius 3 is 1.48 bits per heavy atom. The SMILES string of the molecule is COC1=C(C)Cc2c1cccc2[Si](C)(C)c1cccc2c1CC(C)=C2OC. The van der Waals surface area contributed by atoms with Crippen molar-refractivity contribution in [1.29, 1.82) is 0 Å². The smallest absolute Gasteiger partial charge is 0.125 e. The first-order valence-corrected chi connectivity index (χ1v) is 12.6. The van der Waals surface area contributed by atoms with Gasteiger partial charge in [-0.1, -0.05) is 59.9 Å². The molecule has 0 aliphatic heterocycles. The average Bonchev–Trinajstić information content (AvgIpc) is 3.15. The van der Waals surface area contributed by atoms with E-state index >= 15 is 0 Å². The van der Waals surface area contributed by atoms with Gasteiger partial charge in [0.15, 0.2) is 0 Å². The Hall–Kier alpha value is -2.26. The van der Waals surface area contributed by atoms with Gasteiger partial charge in [-0.3, -0.25) is 0 Å². The maximum Gasteiger partial charge on any atom is 0.125 e. The van der Waals surface area contributed by atoms with Crippen LogP contribution in [0.15, 0.2) is 47.5 Å². The molecule has 2 aromatic rings. The lowest BCUT2D eigenvalue weighted by atomic mass is 10.1. The maximum absolute atomic E-state index is 5.71. The van der Waals surface area contributed by atoms with Crippen LogP contribution in [0.25, 0.3) is 11.5 Å². The van der Waals surface area contributed by atoms with Gasteiger partial charge in [-0.2, -0.15) is 0 Å². The number of rotatable bonds is 4. The van der Waals surface area contributed by atoms with Crippen LogP contribution in [0.3, 0.4) is 0 Å². The lowest BCUT2D eigenvalue weighted by Gasteiger charge is -2.29. The van der Waals surface area contributed by atoms with Gasteiger partial charge >= 0.3 is 0 Å². The minimum Gasteiger partial charge on any atom is -0.496 e. The van der Waals surface area contributed by atoms with Gasteiger partial charge < -0.3 is 9.47 Å². The van der Waals surface area contributed by atoms with Gasteiger partial charge in [-0.15, -0.1) is 0 Å². The first kappa shape index (κ1) is 18.1. The van der Waals surface area contributed by atoms with Gasteiger partial charge in [-0.25, -0.2) is 0 Å². The molecule has 0 unspecified atom stereocenters. The molecule has 0 bridgehead atoms. The zero-order valence-electron chi connectivity index (χ0n) is 17.2. The molecule has 2 aliphatic rings. The molecular weight excluding hydrogens is 348 g/mol. The number of methoxy groups -OCH3 is 2. The molecule has 0 saturated carbocycles. The van der Waals surface area contributed by atoms with Gasteiger partial charge in [0.2, 0.25) is 0 Å². The first-order valence-electron chi connectivity index (χ1n) is 9.63. The number of fused-ring (bicyclic) bond motifs is 2. The van der Waals surface area contributed by atoms with Crippen LogP contribution >= 0.6 is 0 Å². The molecule has 2 nitrogen and oxygen atoms in total. The number of ether oxygens (including phenoxy) is 2. The van der Waals surface area contributed by atoms with Gasteiger partial charge in [0.1, 0.15) is 19.6 Å². The molecule has 0 N–H and O–H groups in total. The van der Waals surface area contributed by atoms with Gasteiger partial charge in [0.05, 0.1) is 14.2 Å². The van der Waals surface area contributed by atoms with Crippen LogP contribution in [0.5, 0.6) is 0 Å². The molecule has 0 amide bonds. The van der Waals surface area contributed by atoms with Crippen molar-refractivity contribution < 1.29 is 9.47 Å². The second-order valence-electron chi connectivity index (χ2n) is 8.27. The highest BCUT2D eigenvalue weighted by atomic mass is 28.3. The van der Waals surface area contributed by atoms with E-state index in [4.69, 9.17) is 9.47 Å². The highest BCUT2D eigenvalue weighted by molar-refractivity contribution is 7.01. The van der Waals surface area contributed by atoms with Crippen molar-refractivity contribution >= 4 is 30.0 Å². The summed E-state index contributed by atoms with van der Waals surface area (Å²) in [4.78, 5) is 0. The van der Waals surface area contributed by atoms with Crippen LogP contribution in [0, 0.1) is 0 Å². The average molecular weight is 377 g/mol. The molecule has 4 rings (SSSR count). The summed E-state index contributed by atoms with van der Waals surface area (Å²) < 4.78 is 11.4. The Morgan fingerprint density at radius 1 is 0.704 bits per heavy atom. The van der Waals surface area contributed by atoms with Crippen LogP contribution in [-0.4, -0.2) is 22.3 Å². The van der Waals surface area contributed by atoms with Crippen molar-refractivity contribution in [1.82, 2.24) is 0 Å². The summed E-state index contributed by atoms with van der Waals surface area (Å²) in [7, 11) is 1.69. The number of allylic oxidation sites excluding steroid dienone is 2. The molecule has 3 heteroatoms. The third-order valence-electron chi connectivity index (χ3n) is 6.26. The van der Waals surface area contributed by atoms with Gasteiger partial charge in [0.25, 0.3) is 0 Å². The third kappa shape index (κ3) is 2.60. The molecule has 0 saturated heterocycles. The topological polar surface area (TPSA) is 18.5 Å². The van der Waals surface area contributed by atoms with Crippen molar-refractivity contribution in [2.45, 2.75) is 39.8 Å². The number of hydrogen-bond acceptors (Lipinski definition) is 2. The van der Waals surface area contributed by atoms with E-state index in [1.54, 1.807) is 14.2 Å². The summed E-state index contributed by atoms with van der Waals surface area (Å²) in [5.74, 6) is 2.13. The summed E-state index contributed by atoms with van der Waals surface area (Å²) in [6.45, 7) is 9.35. The van der Waals surface area contributed by atoms with E-state index in [0.29, 0.717) is 0 Å². The Balaban J connectivity index is 1.86. The largest absolute Gasteiger partial charge is 0.496 e. The minimum absolute atomic E-state index is 1.00. The van der Waals surface area contributed by atoms with E-state index in [1.807, 2.05) is 0 Å². The molecule has 0 atom stereocenters. The normalized spacial score (nSPS) is 15.9. The van der Waals surface area contributed by atoms with Crippen molar-refractivity contribution in [3.63, 3.8) is 0 Å².